The number of hydrogen-bond donors (Lipinski definition) is 0. The molecule has 0 N–H and O–H groups in total. The third kappa shape index (κ3) is 11.6. The number of carbonyl (C=O) groups is 1. The Balaban J connectivity index is 1.22. The normalized spacial score (nSPS) is 19.9. The average Bonchev–Trinajstić information content (AvgIpc) is 3.79. The van der Waals surface area contributed by atoms with Crippen LogP contribution in [0.3, 0.4) is 0 Å². The van der Waals surface area contributed by atoms with Crippen molar-refractivity contribution >= 4 is 29.3 Å². The lowest BCUT2D eigenvalue weighted by molar-refractivity contribution is -0.110. The first kappa shape index (κ1) is 35.8. The Morgan fingerprint density at radius 3 is 1.23 bits per heavy atom. The monoisotopic (exact) mass is 640 g/mol. The Morgan fingerprint density at radius 2 is 0.864 bits per heavy atom. The molecule has 0 amide bonds. The van der Waals surface area contributed by atoms with E-state index in [0.29, 0.717) is 0 Å². The quantitative estimate of drug-likeness (QED) is 0.0771. The van der Waals surface area contributed by atoms with E-state index in [9.17, 15) is 4.79 Å². The highest BCUT2D eigenvalue weighted by Gasteiger charge is 2.33. The number of thioether (sulfide) groups is 2. The highest BCUT2D eigenvalue weighted by Crippen LogP contribution is 2.50. The molecule has 0 aromatic carbocycles. The number of rotatable bonds is 24. The molecule has 0 aromatic heterocycles. The summed E-state index contributed by atoms with van der Waals surface area (Å²) in [4.78, 5) is 21.6. The molecule has 0 saturated carbocycles. The zero-order chi connectivity index (χ0) is 30.8. The van der Waals surface area contributed by atoms with Gasteiger partial charge in [0.25, 0.3) is 0 Å². The lowest BCUT2D eigenvalue weighted by Crippen LogP contribution is -2.20. The molecule has 0 radical (unpaired) electrons. The van der Waals surface area contributed by atoms with Crippen molar-refractivity contribution in [3.8, 4) is 0 Å². The van der Waals surface area contributed by atoms with Gasteiger partial charge in [0, 0.05) is 46.4 Å². The number of allylic oxidation sites excluding steroid dienone is 6. The van der Waals surface area contributed by atoms with Crippen molar-refractivity contribution in [3.05, 3.63) is 43.4 Å². The molecule has 4 aliphatic rings. The van der Waals surface area contributed by atoms with Crippen LogP contribution in [0.1, 0.15) is 181 Å². The number of unbranched alkanes of at least 4 members (excludes halogenated alkanes) is 18. The fourth-order valence-corrected chi connectivity index (χ4v) is 9.96. The molecule has 44 heavy (non-hydrogen) atoms. The van der Waals surface area contributed by atoms with Gasteiger partial charge in [-0.05, 0) is 51.4 Å². The number of hydrogen-bond acceptors (Lipinski definition) is 5. The van der Waals surface area contributed by atoms with E-state index >= 15 is 0 Å². The van der Waals surface area contributed by atoms with Crippen LogP contribution in [-0.2, 0) is 4.79 Å². The van der Waals surface area contributed by atoms with Crippen LogP contribution >= 0.6 is 23.5 Å². The second kappa shape index (κ2) is 20.9. The van der Waals surface area contributed by atoms with Gasteiger partial charge in [-0.1, -0.05) is 153 Å². The Labute approximate surface area is 280 Å². The Bertz CT molecular complexity index is 932. The predicted octanol–water partition coefficient (Wildman–Crippen LogP) is 13.0. The second-order valence-electron chi connectivity index (χ2n) is 13.7. The van der Waals surface area contributed by atoms with Gasteiger partial charge in [0.1, 0.15) is 0 Å². The molecule has 2 aliphatic carbocycles. The van der Waals surface area contributed by atoms with E-state index in [2.05, 4.69) is 23.6 Å². The molecule has 0 unspecified atom stereocenters. The lowest BCUT2D eigenvalue weighted by atomic mass is 10.1. The third-order valence-electron chi connectivity index (χ3n) is 9.92. The Kier molecular flexibility index (Phi) is 17.0. The molecule has 4 rings (SSSR count). The van der Waals surface area contributed by atoms with Gasteiger partial charge in [0.15, 0.2) is 5.78 Å². The predicted molar refractivity (Wildman–Crippen MR) is 195 cm³/mol. The van der Waals surface area contributed by atoms with Crippen LogP contribution in [-0.4, -0.2) is 28.7 Å². The average molecular weight is 641 g/mol. The smallest absolute Gasteiger partial charge is 0.183 e. The van der Waals surface area contributed by atoms with Gasteiger partial charge in [0.2, 0.25) is 0 Å². The summed E-state index contributed by atoms with van der Waals surface area (Å²) in [6.45, 7) is 6.74. The molecule has 3 nitrogen and oxygen atoms in total. The van der Waals surface area contributed by atoms with Crippen molar-refractivity contribution in [1.29, 1.82) is 0 Å². The van der Waals surface area contributed by atoms with Gasteiger partial charge < -0.3 is 9.80 Å². The van der Waals surface area contributed by atoms with Crippen LogP contribution in [0.15, 0.2) is 43.4 Å². The summed E-state index contributed by atoms with van der Waals surface area (Å²) in [7, 11) is 0. The van der Waals surface area contributed by atoms with Crippen molar-refractivity contribution < 1.29 is 4.79 Å². The minimum absolute atomic E-state index is 0.179. The van der Waals surface area contributed by atoms with E-state index in [1.54, 1.807) is 0 Å². The van der Waals surface area contributed by atoms with Gasteiger partial charge in [-0.25, -0.2) is 0 Å². The van der Waals surface area contributed by atoms with E-state index in [1.165, 1.54) is 198 Å². The van der Waals surface area contributed by atoms with E-state index in [-0.39, 0.29) is 5.78 Å². The molecule has 0 bridgehead atoms. The van der Waals surface area contributed by atoms with Crippen LogP contribution in [0, 0.1) is 0 Å². The largest absolute Gasteiger partial charge is 0.339 e. The molecule has 0 fully saturated rings. The minimum atomic E-state index is 0.179. The molecule has 5 heteroatoms. The summed E-state index contributed by atoms with van der Waals surface area (Å²) >= 11 is 3.78. The van der Waals surface area contributed by atoms with Crippen molar-refractivity contribution in [2.24, 2.45) is 0 Å². The number of ketones is 1. The van der Waals surface area contributed by atoms with Crippen LogP contribution in [0.25, 0.3) is 0 Å². The topological polar surface area (TPSA) is 23.6 Å². The van der Waals surface area contributed by atoms with E-state index < -0.39 is 0 Å². The van der Waals surface area contributed by atoms with E-state index in [1.807, 2.05) is 35.7 Å². The summed E-state index contributed by atoms with van der Waals surface area (Å²) < 4.78 is 0. The van der Waals surface area contributed by atoms with Crippen LogP contribution in [0.5, 0.6) is 0 Å². The molecule has 0 saturated heterocycles. The maximum absolute atomic E-state index is 13.5. The van der Waals surface area contributed by atoms with Crippen molar-refractivity contribution in [1.82, 2.24) is 9.80 Å². The van der Waals surface area contributed by atoms with Gasteiger partial charge >= 0.3 is 0 Å². The maximum atomic E-state index is 13.5. The molecule has 0 spiro atoms. The third-order valence-corrected chi connectivity index (χ3v) is 12.4. The highest BCUT2D eigenvalue weighted by atomic mass is 32.2. The summed E-state index contributed by atoms with van der Waals surface area (Å²) in [5.41, 5.74) is 3.05. The van der Waals surface area contributed by atoms with Gasteiger partial charge in [-0.15, -0.1) is 0 Å². The van der Waals surface area contributed by atoms with E-state index in [0.717, 1.165) is 13.1 Å². The molecule has 0 atom stereocenters. The minimum Gasteiger partial charge on any atom is -0.339 e. The standard InChI is InChI=1S/C39H64N2OS2/c1-3-5-7-9-11-13-15-17-19-21-29-40-34-25-23-27-36(34)43-38(40)31-33(42)32-39-41(35-26-24-28-37(35)44-39)30-22-20-18-16-14-12-10-8-6-4-2/h31-32H,3-30H2,1-2H3/b38-31-,39-32-. The summed E-state index contributed by atoms with van der Waals surface area (Å²) in [5.74, 6) is 0.179. The lowest BCUT2D eigenvalue weighted by Gasteiger charge is -2.24. The zero-order valence-corrected chi connectivity index (χ0v) is 30.2. The fourth-order valence-electron chi connectivity index (χ4n) is 7.32. The molecule has 2 aliphatic heterocycles. The zero-order valence-electron chi connectivity index (χ0n) is 28.6. The van der Waals surface area contributed by atoms with Crippen LogP contribution in [0.4, 0.5) is 0 Å². The van der Waals surface area contributed by atoms with Crippen LogP contribution < -0.4 is 0 Å². The SMILES string of the molecule is CCCCCCCCCCCCN1C2=C(CCC2)S/C1=C\C(=O)/C=C1\SC2=C(CCC2)N1CCCCCCCCCCCC. The number of carbonyl (C=O) groups excluding carboxylic acids is 1. The molecule has 248 valence electrons. The van der Waals surface area contributed by atoms with Gasteiger partial charge in [-0.2, -0.15) is 0 Å². The van der Waals surface area contributed by atoms with Crippen molar-refractivity contribution in [3.63, 3.8) is 0 Å². The molecular formula is C39H64N2OS2. The van der Waals surface area contributed by atoms with Gasteiger partial charge in [-0.3, -0.25) is 4.79 Å². The second-order valence-corrected chi connectivity index (χ2v) is 15.9. The summed E-state index contributed by atoms with van der Waals surface area (Å²) in [5, 5.41) is 2.38. The van der Waals surface area contributed by atoms with Crippen molar-refractivity contribution in [2.45, 2.75) is 181 Å². The first-order chi connectivity index (χ1) is 21.7. The summed E-state index contributed by atoms with van der Waals surface area (Å²) in [6, 6.07) is 0. The van der Waals surface area contributed by atoms with Gasteiger partial charge in [0.05, 0.1) is 10.1 Å². The maximum Gasteiger partial charge on any atom is 0.183 e. The first-order valence-corrected chi connectivity index (χ1v) is 20.7. The summed E-state index contributed by atoms with van der Waals surface area (Å²) in [6.07, 6.45) is 38.6. The first-order valence-electron chi connectivity index (χ1n) is 19.0. The molecule has 2 heterocycles. The molecule has 0 aromatic rings. The fraction of sp³-hybridized carbons (Fsp3) is 0.769. The van der Waals surface area contributed by atoms with Crippen molar-refractivity contribution in [2.75, 3.05) is 13.1 Å². The van der Waals surface area contributed by atoms with Crippen LogP contribution in [0.2, 0.25) is 0 Å². The Morgan fingerprint density at radius 1 is 0.523 bits per heavy atom. The number of nitrogens with zero attached hydrogens (tertiary/aromatic N) is 2. The Hall–Kier alpha value is -1.07. The molecular weight excluding hydrogens is 577 g/mol. The van der Waals surface area contributed by atoms with E-state index in [4.69, 9.17) is 0 Å². The highest BCUT2D eigenvalue weighted by molar-refractivity contribution is 8.07.